The molecule has 82 valence electrons. The van der Waals surface area contributed by atoms with E-state index >= 15 is 0 Å². The third kappa shape index (κ3) is 2.85. The Bertz CT molecular complexity index is 341. The predicted molar refractivity (Wildman–Crippen MR) is 59.0 cm³/mol. The number of hydrogen-bond donors (Lipinski definition) is 2. The zero-order valence-electron chi connectivity index (χ0n) is 8.64. The standard InChI is InChI=1S/C10H15N3O2/c1-15-9-4-2-3-8(7-9)13(6-5-11)10(12)14/h2-4,7H,5-6,11H2,1H3,(H2,12,14). The Morgan fingerprint density at radius 2 is 2.27 bits per heavy atom. The molecule has 4 N–H and O–H groups in total. The second kappa shape index (κ2) is 5.21. The summed E-state index contributed by atoms with van der Waals surface area (Å²) in [6.07, 6.45) is 0. The molecule has 1 aromatic rings. The van der Waals surface area contributed by atoms with Gasteiger partial charge in [0.1, 0.15) is 5.75 Å². The first-order valence-corrected chi connectivity index (χ1v) is 4.60. The van der Waals surface area contributed by atoms with E-state index in [-0.39, 0.29) is 0 Å². The number of carbonyl (C=O) groups is 1. The summed E-state index contributed by atoms with van der Waals surface area (Å²) in [5, 5.41) is 0. The number of nitrogens with zero attached hydrogens (tertiary/aromatic N) is 1. The van der Waals surface area contributed by atoms with Crippen LogP contribution in [0.25, 0.3) is 0 Å². The first-order valence-electron chi connectivity index (χ1n) is 4.60. The molecule has 1 aromatic carbocycles. The number of urea groups is 1. The van der Waals surface area contributed by atoms with Gasteiger partial charge in [0.15, 0.2) is 0 Å². The van der Waals surface area contributed by atoms with Gasteiger partial charge in [0.25, 0.3) is 0 Å². The van der Waals surface area contributed by atoms with Crippen LogP contribution in [-0.2, 0) is 0 Å². The summed E-state index contributed by atoms with van der Waals surface area (Å²) < 4.78 is 5.05. The summed E-state index contributed by atoms with van der Waals surface area (Å²) in [6, 6.07) is 6.59. The average Bonchev–Trinajstić information content (AvgIpc) is 2.25. The Kier molecular flexibility index (Phi) is 3.93. The van der Waals surface area contributed by atoms with Gasteiger partial charge in [-0.25, -0.2) is 4.79 Å². The number of benzene rings is 1. The molecular weight excluding hydrogens is 194 g/mol. The van der Waals surface area contributed by atoms with Crippen LogP contribution in [0.4, 0.5) is 10.5 Å². The number of carbonyl (C=O) groups excluding carboxylic acids is 1. The maximum atomic E-state index is 11.1. The Balaban J connectivity index is 2.94. The van der Waals surface area contributed by atoms with E-state index in [1.807, 2.05) is 0 Å². The maximum Gasteiger partial charge on any atom is 0.319 e. The van der Waals surface area contributed by atoms with Gasteiger partial charge in [-0.15, -0.1) is 0 Å². The normalized spacial score (nSPS) is 9.73. The zero-order chi connectivity index (χ0) is 11.3. The third-order valence-electron chi connectivity index (χ3n) is 1.98. The highest BCUT2D eigenvalue weighted by Crippen LogP contribution is 2.20. The van der Waals surface area contributed by atoms with Crippen LogP contribution in [0, 0.1) is 0 Å². The number of rotatable bonds is 4. The monoisotopic (exact) mass is 209 g/mol. The molecule has 0 saturated carbocycles. The molecule has 5 heteroatoms. The van der Waals surface area contributed by atoms with Gasteiger partial charge in [0.2, 0.25) is 0 Å². The molecule has 0 aliphatic heterocycles. The SMILES string of the molecule is COc1cccc(N(CCN)C(N)=O)c1. The molecule has 0 radical (unpaired) electrons. The second-order valence-corrected chi connectivity index (χ2v) is 2.98. The second-order valence-electron chi connectivity index (χ2n) is 2.98. The van der Waals surface area contributed by atoms with Crippen LogP contribution in [-0.4, -0.2) is 26.2 Å². The van der Waals surface area contributed by atoms with E-state index in [9.17, 15) is 4.79 Å². The lowest BCUT2D eigenvalue weighted by Gasteiger charge is -2.19. The molecule has 0 aromatic heterocycles. The topological polar surface area (TPSA) is 81.6 Å². The van der Waals surface area contributed by atoms with Crippen molar-refractivity contribution in [2.45, 2.75) is 0 Å². The van der Waals surface area contributed by atoms with Crippen LogP contribution in [0.15, 0.2) is 24.3 Å². The highest BCUT2D eigenvalue weighted by Gasteiger charge is 2.11. The molecule has 5 nitrogen and oxygen atoms in total. The first-order chi connectivity index (χ1) is 7.19. The lowest BCUT2D eigenvalue weighted by molar-refractivity contribution is 0.254. The molecule has 0 fully saturated rings. The zero-order valence-corrected chi connectivity index (χ0v) is 8.64. The molecule has 0 atom stereocenters. The van der Waals surface area contributed by atoms with Crippen molar-refractivity contribution < 1.29 is 9.53 Å². The average molecular weight is 209 g/mol. The predicted octanol–water partition coefficient (Wildman–Crippen LogP) is 0.539. The lowest BCUT2D eigenvalue weighted by atomic mass is 10.2. The largest absolute Gasteiger partial charge is 0.497 e. The Hall–Kier alpha value is -1.75. The molecule has 0 unspecified atom stereocenters. The molecule has 0 bridgehead atoms. The van der Waals surface area contributed by atoms with E-state index in [1.165, 1.54) is 4.90 Å². The minimum Gasteiger partial charge on any atom is -0.497 e. The van der Waals surface area contributed by atoms with Crippen LogP contribution >= 0.6 is 0 Å². The van der Waals surface area contributed by atoms with Crippen molar-refractivity contribution >= 4 is 11.7 Å². The molecule has 0 heterocycles. The maximum absolute atomic E-state index is 11.1. The van der Waals surface area contributed by atoms with Gasteiger partial charge in [-0.2, -0.15) is 0 Å². The van der Waals surface area contributed by atoms with Gasteiger partial charge in [-0.1, -0.05) is 6.07 Å². The van der Waals surface area contributed by atoms with Gasteiger partial charge in [-0.3, -0.25) is 4.90 Å². The van der Waals surface area contributed by atoms with Crippen molar-refractivity contribution in [1.82, 2.24) is 0 Å². The van der Waals surface area contributed by atoms with Crippen LogP contribution in [0.3, 0.4) is 0 Å². The van der Waals surface area contributed by atoms with E-state index in [0.29, 0.717) is 24.5 Å². The Morgan fingerprint density at radius 1 is 1.53 bits per heavy atom. The van der Waals surface area contributed by atoms with Gasteiger partial charge in [-0.05, 0) is 12.1 Å². The van der Waals surface area contributed by atoms with Crippen molar-refractivity contribution in [1.29, 1.82) is 0 Å². The molecule has 2 amide bonds. The fourth-order valence-corrected chi connectivity index (χ4v) is 1.27. The molecular formula is C10H15N3O2. The van der Waals surface area contributed by atoms with Crippen molar-refractivity contribution in [3.05, 3.63) is 24.3 Å². The minimum absolute atomic E-state index is 0.361. The first kappa shape index (κ1) is 11.3. The van der Waals surface area contributed by atoms with E-state index in [4.69, 9.17) is 16.2 Å². The molecule has 15 heavy (non-hydrogen) atoms. The molecule has 1 rings (SSSR count). The number of anilines is 1. The summed E-state index contributed by atoms with van der Waals surface area (Å²) >= 11 is 0. The van der Waals surface area contributed by atoms with Crippen LogP contribution in [0.1, 0.15) is 0 Å². The summed E-state index contributed by atoms with van der Waals surface area (Å²) in [5.41, 5.74) is 11.3. The summed E-state index contributed by atoms with van der Waals surface area (Å²) in [7, 11) is 1.57. The number of methoxy groups -OCH3 is 1. The van der Waals surface area contributed by atoms with Crippen LogP contribution in [0.5, 0.6) is 5.75 Å². The van der Waals surface area contributed by atoms with Crippen molar-refractivity contribution in [2.75, 3.05) is 25.1 Å². The fraction of sp³-hybridized carbons (Fsp3) is 0.300. The van der Waals surface area contributed by atoms with Gasteiger partial charge in [0.05, 0.1) is 7.11 Å². The third-order valence-corrected chi connectivity index (χ3v) is 1.98. The van der Waals surface area contributed by atoms with E-state index in [0.717, 1.165) is 0 Å². The van der Waals surface area contributed by atoms with E-state index in [1.54, 1.807) is 31.4 Å². The summed E-state index contributed by atoms with van der Waals surface area (Å²) in [4.78, 5) is 12.5. The highest BCUT2D eigenvalue weighted by molar-refractivity contribution is 5.90. The molecule has 0 aliphatic rings. The molecule has 0 saturated heterocycles. The molecule has 0 spiro atoms. The minimum atomic E-state index is -0.520. The van der Waals surface area contributed by atoms with Crippen LogP contribution < -0.4 is 21.1 Å². The van der Waals surface area contributed by atoms with Gasteiger partial charge in [0, 0.05) is 24.8 Å². The Labute approximate surface area is 88.6 Å². The van der Waals surface area contributed by atoms with E-state index in [2.05, 4.69) is 0 Å². The highest BCUT2D eigenvalue weighted by atomic mass is 16.5. The number of primary amides is 1. The van der Waals surface area contributed by atoms with Gasteiger partial charge >= 0.3 is 6.03 Å². The van der Waals surface area contributed by atoms with Crippen molar-refractivity contribution in [3.8, 4) is 5.75 Å². The van der Waals surface area contributed by atoms with Crippen molar-refractivity contribution in [2.24, 2.45) is 11.5 Å². The lowest BCUT2D eigenvalue weighted by Crippen LogP contribution is -2.39. The van der Waals surface area contributed by atoms with E-state index < -0.39 is 6.03 Å². The number of nitrogens with two attached hydrogens (primary N) is 2. The quantitative estimate of drug-likeness (QED) is 0.759. The van der Waals surface area contributed by atoms with Gasteiger partial charge < -0.3 is 16.2 Å². The molecule has 0 aliphatic carbocycles. The Morgan fingerprint density at radius 3 is 2.80 bits per heavy atom. The number of amides is 2. The smallest absolute Gasteiger partial charge is 0.319 e. The number of ether oxygens (including phenoxy) is 1. The van der Waals surface area contributed by atoms with Crippen molar-refractivity contribution in [3.63, 3.8) is 0 Å². The number of hydrogen-bond acceptors (Lipinski definition) is 3. The van der Waals surface area contributed by atoms with Crippen LogP contribution in [0.2, 0.25) is 0 Å². The summed E-state index contributed by atoms with van der Waals surface area (Å²) in [5.74, 6) is 0.677. The fourth-order valence-electron chi connectivity index (χ4n) is 1.27. The summed E-state index contributed by atoms with van der Waals surface area (Å²) in [6.45, 7) is 0.753.